The number of amides is 1. The number of hydrogen-bond donors (Lipinski definition) is 2. The highest BCUT2D eigenvalue weighted by atomic mass is 16.3. The molecule has 1 aliphatic carbocycles. The molecular weight excluding hydrogens is 226 g/mol. The molecule has 1 aromatic carbocycles. The molecule has 0 aromatic heterocycles. The predicted octanol–water partition coefficient (Wildman–Crippen LogP) is 2.36. The normalized spacial score (nSPS) is 25.4. The number of aliphatic hydroxyl groups excluding tert-OH is 1. The highest BCUT2D eigenvalue weighted by molar-refractivity contribution is 5.94. The van der Waals surface area contributed by atoms with E-state index in [1.807, 2.05) is 37.3 Å². The maximum absolute atomic E-state index is 12.1. The van der Waals surface area contributed by atoms with Crippen LogP contribution in [0.1, 0.15) is 43.0 Å². The van der Waals surface area contributed by atoms with Crippen molar-refractivity contribution in [1.29, 1.82) is 0 Å². The van der Waals surface area contributed by atoms with Gasteiger partial charge in [0.1, 0.15) is 0 Å². The van der Waals surface area contributed by atoms with E-state index in [2.05, 4.69) is 5.32 Å². The fourth-order valence-corrected chi connectivity index (χ4v) is 2.76. The van der Waals surface area contributed by atoms with Crippen molar-refractivity contribution in [1.82, 2.24) is 5.32 Å². The monoisotopic (exact) mass is 247 g/mol. The first-order chi connectivity index (χ1) is 8.68. The molecule has 2 N–H and O–H groups in total. The fraction of sp³-hybridized carbons (Fsp3) is 0.533. The summed E-state index contributed by atoms with van der Waals surface area (Å²) in [5.74, 6) is 0.152. The van der Waals surface area contributed by atoms with Crippen molar-refractivity contribution in [3.63, 3.8) is 0 Å². The molecule has 1 amide bonds. The molecule has 2 rings (SSSR count). The second-order valence-electron chi connectivity index (χ2n) is 5.13. The number of nitrogens with one attached hydrogen (secondary N) is 1. The Morgan fingerprint density at radius 2 is 1.94 bits per heavy atom. The molecule has 0 spiro atoms. The first-order valence-corrected chi connectivity index (χ1v) is 6.72. The number of hydrogen-bond acceptors (Lipinski definition) is 2. The van der Waals surface area contributed by atoms with Crippen molar-refractivity contribution >= 4 is 5.91 Å². The van der Waals surface area contributed by atoms with Gasteiger partial charge in [0.25, 0.3) is 5.91 Å². The molecule has 0 aliphatic heterocycles. The first-order valence-electron chi connectivity index (χ1n) is 6.72. The van der Waals surface area contributed by atoms with Crippen LogP contribution in [0.2, 0.25) is 0 Å². The van der Waals surface area contributed by atoms with E-state index < -0.39 is 0 Å². The summed E-state index contributed by atoms with van der Waals surface area (Å²) in [7, 11) is 0. The van der Waals surface area contributed by atoms with E-state index in [1.54, 1.807) is 0 Å². The van der Waals surface area contributed by atoms with Crippen molar-refractivity contribution in [3.05, 3.63) is 35.9 Å². The van der Waals surface area contributed by atoms with Gasteiger partial charge in [-0.05, 0) is 31.9 Å². The molecule has 3 nitrogen and oxygen atoms in total. The van der Waals surface area contributed by atoms with Crippen LogP contribution in [0.15, 0.2) is 30.3 Å². The molecule has 1 aliphatic rings. The van der Waals surface area contributed by atoms with E-state index in [0.717, 1.165) is 25.7 Å². The number of carbonyl (C=O) groups is 1. The molecule has 0 bridgehead atoms. The van der Waals surface area contributed by atoms with E-state index in [4.69, 9.17) is 0 Å². The van der Waals surface area contributed by atoms with Crippen LogP contribution in [0.25, 0.3) is 0 Å². The van der Waals surface area contributed by atoms with Crippen LogP contribution in [0.5, 0.6) is 0 Å². The summed E-state index contributed by atoms with van der Waals surface area (Å²) in [5.41, 5.74) is 0.687. The van der Waals surface area contributed by atoms with Crippen LogP contribution in [-0.2, 0) is 0 Å². The Kier molecular flexibility index (Phi) is 4.37. The Morgan fingerprint density at radius 1 is 1.28 bits per heavy atom. The number of benzene rings is 1. The number of aliphatic hydroxyl groups is 1. The highest BCUT2D eigenvalue weighted by Gasteiger charge is 2.29. The van der Waals surface area contributed by atoms with Crippen LogP contribution in [0, 0.1) is 5.92 Å². The van der Waals surface area contributed by atoms with Crippen LogP contribution >= 0.6 is 0 Å². The lowest BCUT2D eigenvalue weighted by Crippen LogP contribution is -2.45. The minimum atomic E-state index is -0.355. The average molecular weight is 247 g/mol. The second kappa shape index (κ2) is 6.01. The molecule has 0 heterocycles. The third kappa shape index (κ3) is 3.10. The Hall–Kier alpha value is -1.35. The molecule has 3 heteroatoms. The summed E-state index contributed by atoms with van der Waals surface area (Å²) >= 11 is 0. The number of rotatable bonds is 3. The van der Waals surface area contributed by atoms with Gasteiger partial charge in [-0.3, -0.25) is 4.79 Å². The maximum atomic E-state index is 12.1. The standard InChI is InChI=1S/C15H21NO2/c1-11(17)13-9-5-6-10-14(13)16-15(18)12-7-3-2-4-8-12/h2-4,7-8,11,13-14,17H,5-6,9-10H2,1H3,(H,16,18)/t11-,13-,14+/m1/s1. The Morgan fingerprint density at radius 3 is 2.61 bits per heavy atom. The molecular formula is C15H21NO2. The summed E-state index contributed by atoms with van der Waals surface area (Å²) in [6, 6.07) is 9.36. The van der Waals surface area contributed by atoms with Crippen LogP contribution in [0.3, 0.4) is 0 Å². The molecule has 0 radical (unpaired) electrons. The first kappa shape index (κ1) is 13.1. The lowest BCUT2D eigenvalue weighted by atomic mass is 9.81. The van der Waals surface area contributed by atoms with Crippen LogP contribution < -0.4 is 5.32 Å². The molecule has 1 fully saturated rings. The summed E-state index contributed by atoms with van der Waals surface area (Å²) in [6.07, 6.45) is 3.88. The second-order valence-corrected chi connectivity index (χ2v) is 5.13. The summed E-state index contributed by atoms with van der Waals surface area (Å²) in [6.45, 7) is 1.82. The van der Waals surface area contributed by atoms with Gasteiger partial charge in [-0.1, -0.05) is 31.0 Å². The van der Waals surface area contributed by atoms with Crippen molar-refractivity contribution in [3.8, 4) is 0 Å². The Balaban J connectivity index is 2.01. The van der Waals surface area contributed by atoms with Gasteiger partial charge in [0.15, 0.2) is 0 Å². The topological polar surface area (TPSA) is 49.3 Å². The van der Waals surface area contributed by atoms with E-state index in [0.29, 0.717) is 5.56 Å². The predicted molar refractivity (Wildman–Crippen MR) is 71.3 cm³/mol. The van der Waals surface area contributed by atoms with Crippen LogP contribution in [-0.4, -0.2) is 23.2 Å². The third-order valence-corrected chi connectivity index (χ3v) is 3.79. The summed E-state index contributed by atoms with van der Waals surface area (Å²) in [5, 5.41) is 12.8. The van der Waals surface area contributed by atoms with Gasteiger partial charge in [0.2, 0.25) is 0 Å². The molecule has 0 unspecified atom stereocenters. The van der Waals surface area contributed by atoms with Gasteiger partial charge >= 0.3 is 0 Å². The quantitative estimate of drug-likeness (QED) is 0.861. The fourth-order valence-electron chi connectivity index (χ4n) is 2.76. The van der Waals surface area contributed by atoms with Crippen molar-refractivity contribution in [2.45, 2.75) is 44.8 Å². The van der Waals surface area contributed by atoms with E-state index in [-0.39, 0.29) is 24.0 Å². The minimum Gasteiger partial charge on any atom is -0.393 e. The van der Waals surface area contributed by atoms with Crippen molar-refractivity contribution < 1.29 is 9.90 Å². The lowest BCUT2D eigenvalue weighted by Gasteiger charge is -2.34. The molecule has 1 saturated carbocycles. The minimum absolute atomic E-state index is 0.0341. The van der Waals surface area contributed by atoms with Crippen LogP contribution in [0.4, 0.5) is 0 Å². The van der Waals surface area contributed by atoms with Gasteiger partial charge in [-0.25, -0.2) is 0 Å². The van der Waals surface area contributed by atoms with Gasteiger partial charge in [0.05, 0.1) is 6.10 Å². The number of carbonyl (C=O) groups excluding carboxylic acids is 1. The Labute approximate surface area is 108 Å². The zero-order valence-electron chi connectivity index (χ0n) is 10.8. The lowest BCUT2D eigenvalue weighted by molar-refractivity contribution is 0.0671. The SMILES string of the molecule is C[C@@H](O)[C@H]1CCCC[C@@H]1NC(=O)c1ccccc1. The molecule has 98 valence electrons. The highest BCUT2D eigenvalue weighted by Crippen LogP contribution is 2.27. The van der Waals surface area contributed by atoms with Gasteiger partial charge in [-0.2, -0.15) is 0 Å². The van der Waals surface area contributed by atoms with E-state index in [9.17, 15) is 9.90 Å². The van der Waals surface area contributed by atoms with E-state index >= 15 is 0 Å². The van der Waals surface area contributed by atoms with Crippen molar-refractivity contribution in [2.75, 3.05) is 0 Å². The summed E-state index contributed by atoms with van der Waals surface area (Å²) in [4.78, 5) is 12.1. The maximum Gasteiger partial charge on any atom is 0.251 e. The molecule has 1 aromatic rings. The Bertz CT molecular complexity index is 389. The smallest absolute Gasteiger partial charge is 0.251 e. The average Bonchev–Trinajstić information content (AvgIpc) is 2.40. The van der Waals surface area contributed by atoms with Gasteiger partial charge in [0, 0.05) is 17.5 Å². The molecule has 3 atom stereocenters. The van der Waals surface area contributed by atoms with Crippen molar-refractivity contribution in [2.24, 2.45) is 5.92 Å². The van der Waals surface area contributed by atoms with Gasteiger partial charge < -0.3 is 10.4 Å². The zero-order valence-corrected chi connectivity index (χ0v) is 10.8. The molecule has 18 heavy (non-hydrogen) atoms. The largest absolute Gasteiger partial charge is 0.393 e. The van der Waals surface area contributed by atoms with E-state index in [1.165, 1.54) is 0 Å². The summed E-state index contributed by atoms with van der Waals surface area (Å²) < 4.78 is 0. The molecule has 0 saturated heterocycles. The van der Waals surface area contributed by atoms with Gasteiger partial charge in [-0.15, -0.1) is 0 Å². The third-order valence-electron chi connectivity index (χ3n) is 3.79. The zero-order chi connectivity index (χ0) is 13.0.